The molecule has 0 atom stereocenters. The lowest BCUT2D eigenvalue weighted by atomic mass is 10.2. The molecule has 0 aliphatic heterocycles. The monoisotopic (exact) mass is 330 g/mol. The van der Waals surface area contributed by atoms with Gasteiger partial charge in [-0.1, -0.05) is 11.6 Å². The van der Waals surface area contributed by atoms with Crippen molar-refractivity contribution in [3.8, 4) is 0 Å². The molecular weight excluding hydrogens is 319 g/mol. The number of nitrogens with one attached hydrogen (secondary N) is 1. The van der Waals surface area contributed by atoms with Gasteiger partial charge in [-0.05, 0) is 24.3 Å². The Balaban J connectivity index is 2.30. The maximum absolute atomic E-state index is 14.1. The van der Waals surface area contributed by atoms with Crippen LogP contribution in [0.1, 0.15) is 11.3 Å². The van der Waals surface area contributed by atoms with Crippen molar-refractivity contribution < 1.29 is 12.8 Å². The molecule has 0 bridgehead atoms. The van der Waals surface area contributed by atoms with E-state index >= 15 is 0 Å². The summed E-state index contributed by atoms with van der Waals surface area (Å²) in [6, 6.07) is 5.53. The highest BCUT2D eigenvalue weighted by Gasteiger charge is 2.22. The molecule has 0 amide bonds. The molecule has 0 saturated heterocycles. The lowest BCUT2D eigenvalue weighted by Crippen LogP contribution is -2.25. The molecule has 0 spiro atoms. The summed E-state index contributed by atoms with van der Waals surface area (Å²) in [5.41, 5.74) is 5.80. The first kappa shape index (κ1) is 15.8. The van der Waals surface area contributed by atoms with Crippen LogP contribution in [0.2, 0.25) is 5.02 Å². The van der Waals surface area contributed by atoms with Crippen molar-refractivity contribution in [2.45, 2.75) is 18.0 Å². The quantitative estimate of drug-likeness (QED) is 0.858. The smallest absolute Gasteiger partial charge is 0.243 e. The zero-order valence-corrected chi connectivity index (χ0v) is 12.3. The second-order valence-electron chi connectivity index (χ2n) is 4.12. The molecule has 1 heterocycles. The number of hydrogen-bond donors (Lipinski definition) is 2. The molecule has 0 radical (unpaired) electrons. The second-order valence-corrected chi connectivity index (χ2v) is 6.29. The first-order valence-corrected chi connectivity index (χ1v) is 7.74. The first-order valence-electron chi connectivity index (χ1n) is 5.88. The Kier molecular flexibility index (Phi) is 4.84. The molecule has 0 saturated carbocycles. The summed E-state index contributed by atoms with van der Waals surface area (Å²) in [5, 5.41) is 7.45. The minimum absolute atomic E-state index is 0.0300. The molecule has 9 heteroatoms. The van der Waals surface area contributed by atoms with E-state index in [9.17, 15) is 12.8 Å². The van der Waals surface area contributed by atoms with E-state index in [0.717, 1.165) is 6.07 Å². The van der Waals surface area contributed by atoms with E-state index < -0.39 is 20.7 Å². The van der Waals surface area contributed by atoms with Crippen molar-refractivity contribution in [1.82, 2.24) is 14.9 Å². The molecule has 2 rings (SSSR count). The Morgan fingerprint density at radius 3 is 2.76 bits per heavy atom. The van der Waals surface area contributed by atoms with Gasteiger partial charge in [0, 0.05) is 23.3 Å². The average Bonchev–Trinajstić information content (AvgIpc) is 2.48. The number of aromatic nitrogens is 2. The van der Waals surface area contributed by atoms with Crippen LogP contribution in [0.3, 0.4) is 0 Å². The normalized spacial score (nSPS) is 11.6. The van der Waals surface area contributed by atoms with Gasteiger partial charge in [0.05, 0.1) is 12.2 Å². The topological polar surface area (TPSA) is 98.0 Å². The van der Waals surface area contributed by atoms with Gasteiger partial charge in [-0.2, -0.15) is 10.2 Å². The van der Waals surface area contributed by atoms with Crippen molar-refractivity contribution in [1.29, 1.82) is 0 Å². The molecule has 0 aliphatic carbocycles. The van der Waals surface area contributed by atoms with Crippen LogP contribution in [-0.4, -0.2) is 18.6 Å². The minimum atomic E-state index is -4.08. The Bertz CT molecular complexity index is 740. The van der Waals surface area contributed by atoms with Gasteiger partial charge in [0.25, 0.3) is 0 Å². The maximum Gasteiger partial charge on any atom is 0.243 e. The summed E-state index contributed by atoms with van der Waals surface area (Å²) < 4.78 is 40.6. The average molecular weight is 331 g/mol. The summed E-state index contributed by atoms with van der Waals surface area (Å²) in [4.78, 5) is -0.542. The third-order valence-corrected chi connectivity index (χ3v) is 4.28. The molecule has 0 aliphatic rings. The highest BCUT2D eigenvalue weighted by Crippen LogP contribution is 2.23. The molecule has 2 aromatic rings. The van der Waals surface area contributed by atoms with Gasteiger partial charge in [0.1, 0.15) is 10.7 Å². The van der Waals surface area contributed by atoms with Crippen molar-refractivity contribution in [2.75, 3.05) is 0 Å². The fourth-order valence-electron chi connectivity index (χ4n) is 1.64. The number of sulfonamides is 1. The molecule has 0 unspecified atom stereocenters. The van der Waals surface area contributed by atoms with Gasteiger partial charge in [-0.25, -0.2) is 17.5 Å². The van der Waals surface area contributed by atoms with Crippen LogP contribution in [0.25, 0.3) is 0 Å². The number of nitrogens with two attached hydrogens (primary N) is 1. The van der Waals surface area contributed by atoms with Gasteiger partial charge in [-0.3, -0.25) is 0 Å². The summed E-state index contributed by atoms with van der Waals surface area (Å²) in [6.45, 7) is -0.265. The molecule has 1 aromatic heterocycles. The molecule has 1 aromatic carbocycles. The SMILES string of the molecule is NCc1cc(Cl)cc(S(=O)(=O)NCc2cccnn2)c1F. The number of rotatable bonds is 5. The second kappa shape index (κ2) is 6.44. The highest BCUT2D eigenvalue weighted by atomic mass is 35.5. The summed E-state index contributed by atoms with van der Waals surface area (Å²) >= 11 is 5.79. The standard InChI is InChI=1S/C12H12ClFN4O2S/c13-9-4-8(6-15)12(14)11(5-9)21(19,20)17-7-10-2-1-3-16-18-10/h1-5,17H,6-7,15H2. The first-order chi connectivity index (χ1) is 9.94. The number of nitrogens with zero attached hydrogens (tertiary/aromatic N) is 2. The van der Waals surface area contributed by atoms with Gasteiger partial charge < -0.3 is 5.73 Å². The molecule has 0 fully saturated rings. The van der Waals surface area contributed by atoms with Crippen LogP contribution in [0, 0.1) is 5.82 Å². The van der Waals surface area contributed by atoms with Crippen molar-refractivity contribution in [3.63, 3.8) is 0 Å². The molecule has 112 valence electrons. The summed E-state index contributed by atoms with van der Waals surface area (Å²) in [5.74, 6) is -0.909. The van der Waals surface area contributed by atoms with Crippen LogP contribution in [0.5, 0.6) is 0 Å². The zero-order valence-electron chi connectivity index (χ0n) is 10.8. The van der Waals surface area contributed by atoms with E-state index in [-0.39, 0.29) is 23.7 Å². The third kappa shape index (κ3) is 3.73. The van der Waals surface area contributed by atoms with E-state index in [1.807, 2.05) is 0 Å². The molecule has 21 heavy (non-hydrogen) atoms. The zero-order chi connectivity index (χ0) is 15.5. The van der Waals surface area contributed by atoms with E-state index in [0.29, 0.717) is 5.69 Å². The predicted molar refractivity (Wildman–Crippen MR) is 75.4 cm³/mol. The third-order valence-electron chi connectivity index (χ3n) is 2.66. The van der Waals surface area contributed by atoms with E-state index in [1.54, 1.807) is 12.1 Å². The van der Waals surface area contributed by atoms with E-state index in [1.165, 1.54) is 12.3 Å². The Hall–Kier alpha value is -1.61. The van der Waals surface area contributed by atoms with Gasteiger partial charge in [0.15, 0.2) is 0 Å². The van der Waals surface area contributed by atoms with Crippen LogP contribution in [-0.2, 0) is 23.1 Å². The van der Waals surface area contributed by atoms with Crippen LogP contribution in [0.15, 0.2) is 35.4 Å². The summed E-state index contributed by atoms with van der Waals surface area (Å²) in [7, 11) is -4.08. The maximum atomic E-state index is 14.1. The minimum Gasteiger partial charge on any atom is -0.326 e. The lowest BCUT2D eigenvalue weighted by molar-refractivity contribution is 0.549. The van der Waals surface area contributed by atoms with Crippen molar-refractivity contribution in [3.05, 3.63) is 52.6 Å². The molecule has 3 N–H and O–H groups in total. The number of hydrogen-bond acceptors (Lipinski definition) is 5. The van der Waals surface area contributed by atoms with E-state index in [4.69, 9.17) is 17.3 Å². The highest BCUT2D eigenvalue weighted by molar-refractivity contribution is 7.89. The van der Waals surface area contributed by atoms with Crippen molar-refractivity contribution in [2.24, 2.45) is 5.73 Å². The Labute approximate surface area is 126 Å². The number of halogens is 2. The Morgan fingerprint density at radius 1 is 1.38 bits per heavy atom. The van der Waals surface area contributed by atoms with Gasteiger partial charge >= 0.3 is 0 Å². The van der Waals surface area contributed by atoms with Crippen LogP contribution < -0.4 is 10.5 Å². The van der Waals surface area contributed by atoms with Gasteiger partial charge in [0.2, 0.25) is 10.0 Å². The van der Waals surface area contributed by atoms with Crippen LogP contribution >= 0.6 is 11.6 Å². The van der Waals surface area contributed by atoms with Crippen molar-refractivity contribution >= 4 is 21.6 Å². The fourth-order valence-corrected chi connectivity index (χ4v) is 3.08. The fraction of sp³-hybridized carbons (Fsp3) is 0.167. The number of benzene rings is 1. The predicted octanol–water partition coefficient (Wildman–Crippen LogP) is 1.21. The van der Waals surface area contributed by atoms with Gasteiger partial charge in [-0.15, -0.1) is 0 Å². The summed E-state index contributed by atoms with van der Waals surface area (Å²) in [6.07, 6.45) is 1.46. The van der Waals surface area contributed by atoms with E-state index in [2.05, 4.69) is 14.9 Å². The molecule has 6 nitrogen and oxygen atoms in total. The van der Waals surface area contributed by atoms with Crippen LogP contribution in [0.4, 0.5) is 4.39 Å². The Morgan fingerprint density at radius 2 is 2.14 bits per heavy atom. The largest absolute Gasteiger partial charge is 0.326 e. The lowest BCUT2D eigenvalue weighted by Gasteiger charge is -2.10. The molecular formula is C12H12ClFN4O2S.